The molecule has 0 N–H and O–H groups in total. The van der Waals surface area contributed by atoms with Crippen LogP contribution in [0.2, 0.25) is 0 Å². The van der Waals surface area contributed by atoms with Gasteiger partial charge in [0.25, 0.3) is 5.91 Å². The summed E-state index contributed by atoms with van der Waals surface area (Å²) < 4.78 is 0.701. The first-order valence-electron chi connectivity index (χ1n) is 6.74. The number of amides is 1. The summed E-state index contributed by atoms with van der Waals surface area (Å²) in [5, 5.41) is 0. The molecule has 2 heterocycles. The van der Waals surface area contributed by atoms with Crippen LogP contribution < -0.4 is 0 Å². The molecule has 2 rings (SSSR count). The average molecular weight is 326 g/mol. The molecule has 0 atom stereocenters. The van der Waals surface area contributed by atoms with Crippen LogP contribution in [0, 0.1) is 0 Å². The quantitative estimate of drug-likeness (QED) is 0.801. The lowest BCUT2D eigenvalue weighted by molar-refractivity contribution is 0.0641. The zero-order valence-corrected chi connectivity index (χ0v) is 13.1. The Bertz CT molecular complexity index is 444. The van der Waals surface area contributed by atoms with Crippen LogP contribution in [-0.4, -0.2) is 53.4 Å². The smallest absolute Gasteiger partial charge is 0.272 e. The van der Waals surface area contributed by atoms with Crippen LogP contribution in [0.1, 0.15) is 30.3 Å². The minimum atomic E-state index is 0.0104. The van der Waals surface area contributed by atoms with E-state index in [2.05, 4.69) is 32.7 Å². The molecule has 0 bridgehead atoms. The summed E-state index contributed by atoms with van der Waals surface area (Å²) >= 11 is 3.30. The normalized spacial score (nSPS) is 17.4. The van der Waals surface area contributed by atoms with E-state index >= 15 is 0 Å². The molecule has 1 saturated heterocycles. The topological polar surface area (TPSA) is 36.4 Å². The Balaban J connectivity index is 2.00. The van der Waals surface area contributed by atoms with Crippen molar-refractivity contribution in [1.82, 2.24) is 14.8 Å². The summed E-state index contributed by atoms with van der Waals surface area (Å²) in [6.07, 6.45) is 2.09. The Kier molecular flexibility index (Phi) is 4.93. The predicted octanol–water partition coefficient (Wildman–Crippen LogP) is 2.40. The van der Waals surface area contributed by atoms with Crippen LogP contribution in [0.5, 0.6) is 0 Å². The molecule has 4 nitrogen and oxygen atoms in total. The average Bonchev–Trinajstić information content (AvgIpc) is 2.46. The molecule has 0 unspecified atom stereocenters. The molecule has 19 heavy (non-hydrogen) atoms. The van der Waals surface area contributed by atoms with Crippen LogP contribution >= 0.6 is 15.9 Å². The Morgan fingerprint density at radius 1 is 1.47 bits per heavy atom. The van der Waals surface area contributed by atoms with E-state index in [1.165, 1.54) is 0 Å². The number of hydrogen-bond acceptors (Lipinski definition) is 3. The Morgan fingerprint density at radius 2 is 2.16 bits per heavy atom. The molecule has 1 fully saturated rings. The Morgan fingerprint density at radius 3 is 2.74 bits per heavy atom. The van der Waals surface area contributed by atoms with Crippen LogP contribution in [0.15, 0.2) is 22.8 Å². The maximum Gasteiger partial charge on any atom is 0.272 e. The number of halogens is 1. The van der Waals surface area contributed by atoms with Gasteiger partial charge in [-0.15, -0.1) is 0 Å². The second-order valence-electron chi connectivity index (χ2n) is 4.93. The van der Waals surface area contributed by atoms with Gasteiger partial charge in [-0.3, -0.25) is 4.79 Å². The maximum atomic E-state index is 12.4. The summed E-state index contributed by atoms with van der Waals surface area (Å²) in [4.78, 5) is 20.9. The minimum Gasteiger partial charge on any atom is -0.337 e. The van der Waals surface area contributed by atoms with Gasteiger partial charge in [-0.25, -0.2) is 4.98 Å². The van der Waals surface area contributed by atoms with Gasteiger partial charge in [-0.1, -0.05) is 13.0 Å². The van der Waals surface area contributed by atoms with Crippen molar-refractivity contribution < 1.29 is 4.79 Å². The number of aromatic nitrogens is 1. The van der Waals surface area contributed by atoms with Crippen LogP contribution in [0.4, 0.5) is 0 Å². The molecule has 1 amide bonds. The van der Waals surface area contributed by atoms with Gasteiger partial charge in [0.15, 0.2) is 0 Å². The number of carbonyl (C=O) groups is 1. The molecule has 0 spiro atoms. The molecule has 0 saturated carbocycles. The fourth-order valence-corrected chi connectivity index (χ4v) is 2.84. The Hall–Kier alpha value is -0.940. The number of piperidine rings is 1. The number of hydrogen-bond donors (Lipinski definition) is 0. The van der Waals surface area contributed by atoms with E-state index in [0.717, 1.165) is 32.5 Å². The van der Waals surface area contributed by atoms with Crippen molar-refractivity contribution in [2.75, 3.05) is 26.7 Å². The Labute approximate surface area is 122 Å². The largest absolute Gasteiger partial charge is 0.337 e. The third-order valence-electron chi connectivity index (χ3n) is 3.81. The van der Waals surface area contributed by atoms with Gasteiger partial charge >= 0.3 is 0 Å². The van der Waals surface area contributed by atoms with Gasteiger partial charge in [0.1, 0.15) is 10.3 Å². The van der Waals surface area contributed by atoms with Gasteiger partial charge in [0, 0.05) is 26.2 Å². The molecule has 104 valence electrons. The number of rotatable bonds is 3. The highest BCUT2D eigenvalue weighted by Crippen LogP contribution is 2.17. The third-order valence-corrected chi connectivity index (χ3v) is 4.25. The summed E-state index contributed by atoms with van der Waals surface area (Å²) in [5.41, 5.74) is 0.509. The first-order chi connectivity index (χ1) is 9.11. The molecule has 0 aromatic carbocycles. The molecule has 1 aromatic rings. The van der Waals surface area contributed by atoms with E-state index in [4.69, 9.17) is 0 Å². The van der Waals surface area contributed by atoms with E-state index in [-0.39, 0.29) is 5.91 Å². The minimum absolute atomic E-state index is 0.0104. The predicted molar refractivity (Wildman–Crippen MR) is 79.2 cm³/mol. The molecule has 0 radical (unpaired) electrons. The lowest BCUT2D eigenvalue weighted by atomic mass is 10.0. The second kappa shape index (κ2) is 6.48. The van der Waals surface area contributed by atoms with E-state index < -0.39 is 0 Å². The van der Waals surface area contributed by atoms with Crippen molar-refractivity contribution in [3.05, 3.63) is 28.5 Å². The monoisotopic (exact) mass is 325 g/mol. The molecular weight excluding hydrogens is 306 g/mol. The fourth-order valence-electron chi connectivity index (χ4n) is 2.50. The lowest BCUT2D eigenvalue weighted by Gasteiger charge is -2.36. The number of likely N-dealkylation sites (tertiary alicyclic amines) is 1. The third kappa shape index (κ3) is 3.54. The number of pyridine rings is 1. The molecule has 0 aliphatic carbocycles. The first-order valence-corrected chi connectivity index (χ1v) is 7.53. The molecule has 1 aromatic heterocycles. The van der Waals surface area contributed by atoms with Gasteiger partial charge in [-0.2, -0.15) is 0 Å². The summed E-state index contributed by atoms with van der Waals surface area (Å²) in [5.74, 6) is 0.0104. The van der Waals surface area contributed by atoms with Crippen molar-refractivity contribution in [1.29, 1.82) is 0 Å². The van der Waals surface area contributed by atoms with Gasteiger partial charge in [0.2, 0.25) is 0 Å². The van der Waals surface area contributed by atoms with Crippen LogP contribution in [-0.2, 0) is 0 Å². The first kappa shape index (κ1) is 14.5. The van der Waals surface area contributed by atoms with Crippen LogP contribution in [0.25, 0.3) is 0 Å². The molecule has 1 aliphatic rings. The van der Waals surface area contributed by atoms with Gasteiger partial charge in [-0.05, 0) is 47.4 Å². The molecule has 5 heteroatoms. The van der Waals surface area contributed by atoms with E-state index in [0.29, 0.717) is 16.3 Å². The standard InChI is InChI=1S/C14H20BrN3O/c1-3-18-9-7-11(8-10-18)17(2)14(19)12-5-4-6-13(15)16-12/h4-6,11H,3,7-10H2,1-2H3. The van der Waals surface area contributed by atoms with Gasteiger partial charge < -0.3 is 9.80 Å². The van der Waals surface area contributed by atoms with Crippen molar-refractivity contribution in [3.63, 3.8) is 0 Å². The molecular formula is C14H20BrN3O. The summed E-state index contributed by atoms with van der Waals surface area (Å²) in [7, 11) is 1.89. The SMILES string of the molecule is CCN1CCC(N(C)C(=O)c2cccc(Br)n2)CC1. The zero-order valence-electron chi connectivity index (χ0n) is 11.5. The fraction of sp³-hybridized carbons (Fsp3) is 0.571. The van der Waals surface area contributed by atoms with Crippen molar-refractivity contribution in [3.8, 4) is 0 Å². The highest BCUT2D eigenvalue weighted by Gasteiger charge is 2.25. The van der Waals surface area contributed by atoms with E-state index in [1.54, 1.807) is 6.07 Å². The highest BCUT2D eigenvalue weighted by atomic mass is 79.9. The van der Waals surface area contributed by atoms with E-state index in [1.807, 2.05) is 24.1 Å². The van der Waals surface area contributed by atoms with Crippen LogP contribution in [0.3, 0.4) is 0 Å². The van der Waals surface area contributed by atoms with Gasteiger partial charge in [0.05, 0.1) is 0 Å². The van der Waals surface area contributed by atoms with Crippen molar-refractivity contribution >= 4 is 21.8 Å². The second-order valence-corrected chi connectivity index (χ2v) is 5.74. The highest BCUT2D eigenvalue weighted by molar-refractivity contribution is 9.10. The summed E-state index contributed by atoms with van der Waals surface area (Å²) in [6, 6.07) is 5.77. The van der Waals surface area contributed by atoms with Crippen molar-refractivity contribution in [2.24, 2.45) is 0 Å². The number of carbonyl (C=O) groups excluding carboxylic acids is 1. The lowest BCUT2D eigenvalue weighted by Crippen LogP contribution is -2.45. The maximum absolute atomic E-state index is 12.4. The number of nitrogens with zero attached hydrogens (tertiary/aromatic N) is 3. The van der Waals surface area contributed by atoms with Crippen molar-refractivity contribution in [2.45, 2.75) is 25.8 Å². The summed E-state index contributed by atoms with van der Waals surface area (Å²) in [6.45, 7) is 5.42. The van der Waals surface area contributed by atoms with E-state index in [9.17, 15) is 4.79 Å². The zero-order chi connectivity index (χ0) is 13.8. The molecule has 1 aliphatic heterocycles.